The number of aromatic nitrogens is 3. The van der Waals surface area contributed by atoms with Crippen molar-refractivity contribution >= 4 is 21.5 Å². The molecule has 1 aliphatic rings. The van der Waals surface area contributed by atoms with E-state index >= 15 is 0 Å². The van der Waals surface area contributed by atoms with Crippen LogP contribution >= 0.6 is 0 Å². The lowest BCUT2D eigenvalue weighted by atomic mass is 9.81. The van der Waals surface area contributed by atoms with E-state index in [0.717, 1.165) is 39.0 Å². The summed E-state index contributed by atoms with van der Waals surface area (Å²) in [4.78, 5) is 14.8. The molecule has 9 rings (SSSR count). The van der Waals surface area contributed by atoms with E-state index in [1.165, 1.54) is 44.0 Å². The summed E-state index contributed by atoms with van der Waals surface area (Å²) >= 11 is 0. The van der Waals surface area contributed by atoms with Gasteiger partial charge in [0.05, 0.1) is 11.4 Å². The second kappa shape index (κ2) is 10.6. The molecule has 0 aliphatic heterocycles. The second-order valence-corrected chi connectivity index (χ2v) is 12.9. The fraction of sp³-hybridized carbons (Fsp3) is 0.0682. The van der Waals surface area contributed by atoms with E-state index in [0.29, 0.717) is 5.82 Å². The Morgan fingerprint density at radius 1 is 0.447 bits per heavy atom. The van der Waals surface area contributed by atoms with Crippen LogP contribution in [0.4, 0.5) is 0 Å². The van der Waals surface area contributed by atoms with Crippen LogP contribution in [0.15, 0.2) is 152 Å². The fourth-order valence-corrected chi connectivity index (χ4v) is 7.43. The average molecular weight is 602 g/mol. The van der Waals surface area contributed by atoms with E-state index in [-0.39, 0.29) is 5.41 Å². The highest BCUT2D eigenvalue weighted by atomic mass is 14.9. The molecule has 3 nitrogen and oxygen atoms in total. The molecule has 47 heavy (non-hydrogen) atoms. The maximum Gasteiger partial charge on any atom is 0.160 e. The van der Waals surface area contributed by atoms with Gasteiger partial charge in [-0.2, -0.15) is 0 Å². The molecule has 6 aromatic carbocycles. The maximum atomic E-state index is 5.29. The van der Waals surface area contributed by atoms with E-state index in [1.54, 1.807) is 0 Å². The van der Waals surface area contributed by atoms with Gasteiger partial charge in [0.25, 0.3) is 0 Å². The highest BCUT2D eigenvalue weighted by molar-refractivity contribution is 6.05. The van der Waals surface area contributed by atoms with E-state index in [9.17, 15) is 0 Å². The summed E-state index contributed by atoms with van der Waals surface area (Å²) in [6, 6.07) is 49.8. The summed E-state index contributed by atoms with van der Waals surface area (Å²) in [6.07, 6.45) is 3.70. The van der Waals surface area contributed by atoms with Gasteiger partial charge in [-0.25, -0.2) is 9.97 Å². The van der Waals surface area contributed by atoms with Gasteiger partial charge in [-0.15, -0.1) is 0 Å². The van der Waals surface area contributed by atoms with Gasteiger partial charge in [0, 0.05) is 34.5 Å². The highest BCUT2D eigenvalue weighted by Crippen LogP contribution is 2.53. The summed E-state index contributed by atoms with van der Waals surface area (Å²) in [5.74, 6) is 0.717. The molecule has 0 radical (unpaired) electrons. The van der Waals surface area contributed by atoms with Crippen LogP contribution in [-0.2, 0) is 5.41 Å². The van der Waals surface area contributed by atoms with Gasteiger partial charge in [-0.3, -0.25) is 4.98 Å². The monoisotopic (exact) mass is 601 g/mol. The van der Waals surface area contributed by atoms with Crippen molar-refractivity contribution in [3.05, 3.63) is 163 Å². The van der Waals surface area contributed by atoms with Crippen LogP contribution in [0.1, 0.15) is 25.0 Å². The van der Waals surface area contributed by atoms with Gasteiger partial charge in [0.2, 0.25) is 0 Å². The molecule has 0 unspecified atom stereocenters. The minimum absolute atomic E-state index is 0.137. The Kier molecular flexibility index (Phi) is 6.16. The molecule has 8 aromatic rings. The summed E-state index contributed by atoms with van der Waals surface area (Å²) < 4.78 is 0. The topological polar surface area (TPSA) is 38.7 Å². The summed E-state index contributed by atoms with van der Waals surface area (Å²) in [5, 5.41) is 4.85. The number of benzene rings is 6. The molecule has 222 valence electrons. The lowest BCUT2D eigenvalue weighted by molar-refractivity contribution is 0.661. The molecule has 1 aliphatic carbocycles. The number of nitrogens with zero attached hydrogens (tertiary/aromatic N) is 3. The quantitative estimate of drug-likeness (QED) is 0.201. The van der Waals surface area contributed by atoms with Crippen LogP contribution in [0, 0.1) is 0 Å². The minimum Gasteiger partial charge on any atom is -0.265 e. The first-order valence-electron chi connectivity index (χ1n) is 16.1. The van der Waals surface area contributed by atoms with E-state index in [1.807, 2.05) is 30.6 Å². The van der Waals surface area contributed by atoms with E-state index < -0.39 is 0 Å². The Bertz CT molecular complexity index is 2480. The molecular formula is C44H31N3. The summed E-state index contributed by atoms with van der Waals surface area (Å²) in [6.45, 7) is 4.68. The smallest absolute Gasteiger partial charge is 0.160 e. The molecule has 0 bridgehead atoms. The number of rotatable bonds is 4. The third-order valence-corrected chi connectivity index (χ3v) is 9.79. The molecule has 0 fully saturated rings. The zero-order valence-electron chi connectivity index (χ0n) is 26.3. The first kappa shape index (κ1) is 27.4. The molecule has 3 heteroatoms. The molecule has 0 saturated heterocycles. The zero-order chi connectivity index (χ0) is 31.5. The molecule has 0 saturated carbocycles. The van der Waals surface area contributed by atoms with Gasteiger partial charge in [-0.1, -0.05) is 123 Å². The van der Waals surface area contributed by atoms with Gasteiger partial charge in [0.15, 0.2) is 5.82 Å². The first-order valence-corrected chi connectivity index (χ1v) is 16.1. The van der Waals surface area contributed by atoms with E-state index in [2.05, 4.69) is 140 Å². The standard InChI is InChI=1S/C44H31N3/c1-44(2)38-18-10-17-36(42(38)37-25-30-13-6-7-14-31(30)26-39(37)44)41-27-40(46-43(47-41)29-11-4-3-5-12-29)35-20-19-32(28-21-23-45-24-22-28)33-15-8-9-16-34(33)35/h3-27H,1-2H3. The lowest BCUT2D eigenvalue weighted by Crippen LogP contribution is -2.14. The fourth-order valence-electron chi connectivity index (χ4n) is 7.43. The van der Waals surface area contributed by atoms with Crippen molar-refractivity contribution in [2.24, 2.45) is 0 Å². The summed E-state index contributed by atoms with van der Waals surface area (Å²) in [5.41, 5.74) is 12.4. The Morgan fingerprint density at radius 3 is 1.85 bits per heavy atom. The van der Waals surface area contributed by atoms with Crippen LogP contribution in [0.5, 0.6) is 0 Å². The first-order chi connectivity index (χ1) is 23.1. The normalized spacial score (nSPS) is 13.1. The van der Waals surface area contributed by atoms with Crippen LogP contribution in [0.3, 0.4) is 0 Å². The Hall–Kier alpha value is -5.93. The van der Waals surface area contributed by atoms with Crippen molar-refractivity contribution in [2.45, 2.75) is 19.3 Å². The van der Waals surface area contributed by atoms with Crippen LogP contribution in [0.2, 0.25) is 0 Å². The minimum atomic E-state index is -0.137. The van der Waals surface area contributed by atoms with Gasteiger partial charge < -0.3 is 0 Å². The third-order valence-electron chi connectivity index (χ3n) is 9.79. The Balaban J connectivity index is 1.31. The van der Waals surface area contributed by atoms with Crippen molar-refractivity contribution in [3.63, 3.8) is 0 Å². The van der Waals surface area contributed by atoms with Gasteiger partial charge in [0.1, 0.15) is 0 Å². The van der Waals surface area contributed by atoms with Crippen LogP contribution in [0.25, 0.3) is 77.7 Å². The molecule has 0 spiro atoms. The van der Waals surface area contributed by atoms with Gasteiger partial charge in [-0.05, 0) is 85.3 Å². The number of pyridine rings is 1. The maximum absolute atomic E-state index is 5.29. The van der Waals surface area contributed by atoms with Crippen molar-refractivity contribution in [2.75, 3.05) is 0 Å². The Morgan fingerprint density at radius 2 is 1.09 bits per heavy atom. The molecule has 0 N–H and O–H groups in total. The predicted octanol–water partition coefficient (Wildman–Crippen LogP) is 11.2. The predicted molar refractivity (Wildman–Crippen MR) is 194 cm³/mol. The molecule has 0 atom stereocenters. The SMILES string of the molecule is CC1(C)c2cc3ccccc3cc2-c2c(-c3cc(-c4ccc(-c5ccncc5)c5ccccc45)nc(-c4ccccc4)n3)cccc21. The van der Waals surface area contributed by atoms with Crippen molar-refractivity contribution in [3.8, 4) is 56.2 Å². The molecule has 0 amide bonds. The van der Waals surface area contributed by atoms with E-state index in [4.69, 9.17) is 9.97 Å². The van der Waals surface area contributed by atoms with Crippen molar-refractivity contribution in [1.29, 1.82) is 0 Å². The highest BCUT2D eigenvalue weighted by Gasteiger charge is 2.37. The average Bonchev–Trinajstić information content (AvgIpc) is 3.36. The largest absolute Gasteiger partial charge is 0.265 e. The Labute approximate surface area is 274 Å². The number of hydrogen-bond acceptors (Lipinski definition) is 3. The number of hydrogen-bond donors (Lipinski definition) is 0. The van der Waals surface area contributed by atoms with Gasteiger partial charge >= 0.3 is 0 Å². The molecule has 2 heterocycles. The second-order valence-electron chi connectivity index (χ2n) is 12.9. The third kappa shape index (κ3) is 4.39. The summed E-state index contributed by atoms with van der Waals surface area (Å²) in [7, 11) is 0. The molecular weight excluding hydrogens is 571 g/mol. The van der Waals surface area contributed by atoms with Crippen molar-refractivity contribution in [1.82, 2.24) is 15.0 Å². The molecule has 2 aromatic heterocycles. The lowest BCUT2D eigenvalue weighted by Gasteiger charge is -2.22. The number of fused-ring (bicyclic) bond motifs is 5. The van der Waals surface area contributed by atoms with Crippen LogP contribution < -0.4 is 0 Å². The van der Waals surface area contributed by atoms with Crippen LogP contribution in [-0.4, -0.2) is 15.0 Å². The van der Waals surface area contributed by atoms with Crippen molar-refractivity contribution < 1.29 is 0 Å². The zero-order valence-corrected chi connectivity index (χ0v) is 26.3.